The molecule has 4 nitrogen and oxygen atoms in total. The van der Waals surface area contributed by atoms with Crippen molar-refractivity contribution < 1.29 is 9.53 Å². The first-order valence-corrected chi connectivity index (χ1v) is 6.73. The van der Waals surface area contributed by atoms with E-state index in [1.807, 2.05) is 48.7 Å². The van der Waals surface area contributed by atoms with Crippen LogP contribution < -0.4 is 5.32 Å². The number of anilines is 1. The molecule has 1 heterocycles. The van der Waals surface area contributed by atoms with E-state index in [-0.39, 0.29) is 5.91 Å². The number of amides is 1. The third-order valence-corrected chi connectivity index (χ3v) is 3.37. The molecule has 21 heavy (non-hydrogen) atoms. The second-order valence-electron chi connectivity index (χ2n) is 4.82. The summed E-state index contributed by atoms with van der Waals surface area (Å²) in [7, 11) is 1.62. The van der Waals surface area contributed by atoms with Crippen molar-refractivity contribution in [2.24, 2.45) is 0 Å². The molecule has 3 rings (SSSR count). The van der Waals surface area contributed by atoms with Crippen LogP contribution in [0.2, 0.25) is 0 Å². The number of fused-ring (bicyclic) bond motifs is 1. The maximum atomic E-state index is 12.4. The van der Waals surface area contributed by atoms with Gasteiger partial charge in [-0.15, -0.1) is 0 Å². The molecule has 0 aliphatic rings. The van der Waals surface area contributed by atoms with E-state index in [0.29, 0.717) is 12.2 Å². The molecule has 0 aliphatic carbocycles. The van der Waals surface area contributed by atoms with Gasteiger partial charge in [-0.1, -0.05) is 18.2 Å². The minimum atomic E-state index is -0.127. The molecule has 1 amide bonds. The van der Waals surface area contributed by atoms with Gasteiger partial charge in [-0.3, -0.25) is 4.79 Å². The number of benzene rings is 2. The van der Waals surface area contributed by atoms with Crippen LogP contribution >= 0.6 is 0 Å². The third kappa shape index (κ3) is 2.80. The van der Waals surface area contributed by atoms with Gasteiger partial charge in [0.2, 0.25) is 0 Å². The molecule has 0 atom stereocenters. The highest BCUT2D eigenvalue weighted by Gasteiger charge is 2.11. The van der Waals surface area contributed by atoms with Gasteiger partial charge in [-0.2, -0.15) is 0 Å². The van der Waals surface area contributed by atoms with Crippen LogP contribution in [-0.2, 0) is 11.3 Å². The van der Waals surface area contributed by atoms with E-state index in [4.69, 9.17) is 4.74 Å². The van der Waals surface area contributed by atoms with Crippen LogP contribution in [0.1, 0.15) is 15.9 Å². The quantitative estimate of drug-likeness (QED) is 0.767. The summed E-state index contributed by atoms with van der Waals surface area (Å²) in [6.07, 6.45) is 1.88. The molecule has 0 fully saturated rings. The van der Waals surface area contributed by atoms with Crippen molar-refractivity contribution in [2.75, 3.05) is 12.4 Å². The maximum Gasteiger partial charge on any atom is 0.256 e. The molecule has 1 aromatic heterocycles. The molecule has 4 heteroatoms. The van der Waals surface area contributed by atoms with Crippen molar-refractivity contribution in [2.45, 2.75) is 6.61 Å². The summed E-state index contributed by atoms with van der Waals surface area (Å²) in [6.45, 7) is 0.417. The molecule has 0 radical (unpaired) electrons. The molecular weight excluding hydrogens is 264 g/mol. The number of rotatable bonds is 4. The lowest BCUT2D eigenvalue weighted by molar-refractivity contribution is 0.102. The average Bonchev–Trinajstić information content (AvgIpc) is 2.95. The van der Waals surface area contributed by atoms with Crippen LogP contribution in [0.3, 0.4) is 0 Å². The topological polar surface area (TPSA) is 54.1 Å². The molecule has 2 N–H and O–H groups in total. The number of carbonyl (C=O) groups excluding carboxylic acids is 1. The van der Waals surface area contributed by atoms with E-state index in [9.17, 15) is 4.79 Å². The highest BCUT2D eigenvalue weighted by molar-refractivity contribution is 6.06. The smallest absolute Gasteiger partial charge is 0.256 e. The maximum absolute atomic E-state index is 12.4. The summed E-state index contributed by atoms with van der Waals surface area (Å²) in [5, 5.41) is 4.00. The molecule has 0 spiro atoms. The third-order valence-electron chi connectivity index (χ3n) is 3.37. The fourth-order valence-corrected chi connectivity index (χ4v) is 2.35. The number of aromatic nitrogens is 1. The molecule has 106 valence electrons. The van der Waals surface area contributed by atoms with Gasteiger partial charge in [-0.25, -0.2) is 0 Å². The molecule has 0 bridgehead atoms. The highest BCUT2D eigenvalue weighted by Crippen LogP contribution is 2.19. The van der Waals surface area contributed by atoms with Crippen LogP contribution in [0.4, 0.5) is 5.69 Å². The number of nitrogens with one attached hydrogen (secondary N) is 2. The van der Waals surface area contributed by atoms with Crippen LogP contribution in [0.25, 0.3) is 10.9 Å². The Morgan fingerprint density at radius 2 is 2.05 bits per heavy atom. The van der Waals surface area contributed by atoms with E-state index in [1.165, 1.54) is 0 Å². The number of H-pyrrole nitrogens is 1. The summed E-state index contributed by atoms with van der Waals surface area (Å²) in [5.41, 5.74) is 3.33. The Hall–Kier alpha value is -2.59. The number of carbonyl (C=O) groups is 1. The van der Waals surface area contributed by atoms with Crippen molar-refractivity contribution in [3.63, 3.8) is 0 Å². The van der Waals surface area contributed by atoms with Gasteiger partial charge in [0.25, 0.3) is 5.91 Å². The molecular formula is C17H16N2O2. The van der Waals surface area contributed by atoms with Gasteiger partial charge in [0.15, 0.2) is 0 Å². The minimum Gasteiger partial charge on any atom is -0.380 e. The van der Waals surface area contributed by atoms with Crippen LogP contribution in [0.5, 0.6) is 0 Å². The normalized spacial score (nSPS) is 10.7. The molecule has 2 aromatic carbocycles. The largest absolute Gasteiger partial charge is 0.380 e. The van der Waals surface area contributed by atoms with Crippen LogP contribution in [-0.4, -0.2) is 18.0 Å². The van der Waals surface area contributed by atoms with Gasteiger partial charge in [0.1, 0.15) is 0 Å². The first-order valence-electron chi connectivity index (χ1n) is 6.73. The van der Waals surface area contributed by atoms with Gasteiger partial charge in [0.05, 0.1) is 6.61 Å². The Kier molecular flexibility index (Phi) is 3.71. The van der Waals surface area contributed by atoms with E-state index >= 15 is 0 Å². The van der Waals surface area contributed by atoms with E-state index in [2.05, 4.69) is 10.3 Å². The fraction of sp³-hybridized carbons (Fsp3) is 0.118. The van der Waals surface area contributed by atoms with Crippen LogP contribution in [0, 0.1) is 0 Å². The number of hydrogen-bond donors (Lipinski definition) is 2. The van der Waals surface area contributed by atoms with Crippen molar-refractivity contribution in [1.82, 2.24) is 4.98 Å². The number of methoxy groups -OCH3 is 1. The SMILES string of the molecule is COCc1ccccc1C(=O)Nc1ccc2[nH]ccc2c1. The van der Waals surface area contributed by atoms with Gasteiger partial charge in [-0.05, 0) is 35.9 Å². The molecule has 3 aromatic rings. The predicted octanol–water partition coefficient (Wildman–Crippen LogP) is 3.57. The van der Waals surface area contributed by atoms with Crippen molar-refractivity contribution in [3.05, 3.63) is 65.9 Å². The summed E-state index contributed by atoms with van der Waals surface area (Å²) in [4.78, 5) is 15.5. The van der Waals surface area contributed by atoms with Crippen molar-refractivity contribution >= 4 is 22.5 Å². The standard InChI is InChI=1S/C17H16N2O2/c1-21-11-13-4-2-3-5-15(13)17(20)19-14-6-7-16-12(10-14)8-9-18-16/h2-10,18H,11H2,1H3,(H,19,20). The fourth-order valence-electron chi connectivity index (χ4n) is 2.35. The summed E-state index contributed by atoms with van der Waals surface area (Å²) in [6, 6.07) is 15.2. The predicted molar refractivity (Wildman–Crippen MR) is 83.4 cm³/mol. The second kappa shape index (κ2) is 5.81. The zero-order chi connectivity index (χ0) is 14.7. The first kappa shape index (κ1) is 13.4. The molecule has 0 unspecified atom stereocenters. The van der Waals surface area contributed by atoms with E-state index in [0.717, 1.165) is 22.2 Å². The second-order valence-corrected chi connectivity index (χ2v) is 4.82. The Morgan fingerprint density at radius 1 is 1.19 bits per heavy atom. The zero-order valence-corrected chi connectivity index (χ0v) is 11.7. The minimum absolute atomic E-state index is 0.127. The summed E-state index contributed by atoms with van der Waals surface area (Å²) < 4.78 is 5.13. The monoisotopic (exact) mass is 280 g/mol. The van der Waals surface area contributed by atoms with Gasteiger partial charge >= 0.3 is 0 Å². The molecule has 0 saturated carbocycles. The Morgan fingerprint density at radius 3 is 2.90 bits per heavy atom. The average molecular weight is 280 g/mol. The zero-order valence-electron chi connectivity index (χ0n) is 11.7. The lowest BCUT2D eigenvalue weighted by Crippen LogP contribution is -2.14. The van der Waals surface area contributed by atoms with E-state index < -0.39 is 0 Å². The highest BCUT2D eigenvalue weighted by atomic mass is 16.5. The lowest BCUT2D eigenvalue weighted by atomic mass is 10.1. The van der Waals surface area contributed by atoms with Crippen LogP contribution in [0.15, 0.2) is 54.7 Å². The van der Waals surface area contributed by atoms with Gasteiger partial charge in [0, 0.05) is 35.5 Å². The Balaban J connectivity index is 1.85. The lowest BCUT2D eigenvalue weighted by Gasteiger charge is -2.09. The molecule has 0 aliphatic heterocycles. The Bertz CT molecular complexity index is 777. The number of hydrogen-bond acceptors (Lipinski definition) is 2. The summed E-state index contributed by atoms with van der Waals surface area (Å²) in [5.74, 6) is -0.127. The van der Waals surface area contributed by atoms with E-state index in [1.54, 1.807) is 13.2 Å². The first-order chi connectivity index (χ1) is 10.3. The van der Waals surface area contributed by atoms with Gasteiger partial charge < -0.3 is 15.0 Å². The Labute approximate surface area is 122 Å². The molecule has 0 saturated heterocycles. The van der Waals surface area contributed by atoms with Crippen molar-refractivity contribution in [3.8, 4) is 0 Å². The summed E-state index contributed by atoms with van der Waals surface area (Å²) >= 11 is 0. The number of aromatic amines is 1. The number of ether oxygens (including phenoxy) is 1. The van der Waals surface area contributed by atoms with Crippen molar-refractivity contribution in [1.29, 1.82) is 0 Å².